The monoisotopic (exact) mass is 134 g/mol. The molecule has 0 fully saturated rings. The molecule has 0 saturated carbocycles. The van der Waals surface area contributed by atoms with Crippen molar-refractivity contribution < 1.29 is 14.0 Å². The molecule has 0 aliphatic rings. The van der Waals surface area contributed by atoms with Gasteiger partial charge in [0.1, 0.15) is 0 Å². The Morgan fingerprint density at radius 3 is 2.44 bits per heavy atom. The van der Waals surface area contributed by atoms with Crippen LogP contribution in [0.4, 0.5) is 9.18 Å². The van der Waals surface area contributed by atoms with Gasteiger partial charge in [0.15, 0.2) is 6.67 Å². The second-order valence-corrected chi connectivity index (χ2v) is 1.26. The highest BCUT2D eigenvalue weighted by molar-refractivity contribution is 5.94. The van der Waals surface area contributed by atoms with Gasteiger partial charge in [0.05, 0.1) is 0 Å². The van der Waals surface area contributed by atoms with Crippen molar-refractivity contribution in [2.24, 2.45) is 0 Å². The quantitative estimate of drug-likeness (QED) is 0.503. The van der Waals surface area contributed by atoms with E-state index in [1.807, 2.05) is 0 Å². The van der Waals surface area contributed by atoms with E-state index in [0.29, 0.717) is 0 Å². The number of amides is 3. The Morgan fingerprint density at radius 1 is 1.56 bits per heavy atom. The molecule has 0 aliphatic heterocycles. The van der Waals surface area contributed by atoms with Gasteiger partial charge in [-0.25, -0.2) is 9.18 Å². The molecule has 9 heavy (non-hydrogen) atoms. The van der Waals surface area contributed by atoms with Crippen molar-refractivity contribution in [2.45, 2.75) is 0 Å². The highest BCUT2D eigenvalue weighted by Crippen LogP contribution is 1.67. The van der Waals surface area contributed by atoms with E-state index in [1.165, 1.54) is 7.05 Å². The van der Waals surface area contributed by atoms with Gasteiger partial charge in [0, 0.05) is 7.05 Å². The van der Waals surface area contributed by atoms with Crippen LogP contribution in [0, 0.1) is 0 Å². The van der Waals surface area contributed by atoms with Gasteiger partial charge in [-0.2, -0.15) is 0 Å². The highest BCUT2D eigenvalue weighted by Gasteiger charge is 2.02. The summed E-state index contributed by atoms with van der Waals surface area (Å²) in [6.45, 7) is -1.17. The first-order chi connectivity index (χ1) is 4.20. The lowest BCUT2D eigenvalue weighted by molar-refractivity contribution is -0.120. The molecule has 2 N–H and O–H groups in total. The number of carbonyl (C=O) groups excluding carboxylic acids is 2. The molecule has 0 aromatic heterocycles. The number of imide groups is 1. The van der Waals surface area contributed by atoms with E-state index >= 15 is 0 Å². The predicted octanol–water partition coefficient (Wildman–Crippen LogP) is -0.589. The van der Waals surface area contributed by atoms with Crippen LogP contribution in [0.3, 0.4) is 0 Å². The molecule has 0 spiro atoms. The maximum Gasteiger partial charge on any atom is 0.321 e. The summed E-state index contributed by atoms with van der Waals surface area (Å²) >= 11 is 0. The van der Waals surface area contributed by atoms with Gasteiger partial charge in [0.25, 0.3) is 5.91 Å². The van der Waals surface area contributed by atoms with Gasteiger partial charge < -0.3 is 5.32 Å². The Morgan fingerprint density at radius 2 is 2.11 bits per heavy atom. The van der Waals surface area contributed by atoms with Gasteiger partial charge in [-0.3, -0.25) is 10.1 Å². The summed E-state index contributed by atoms with van der Waals surface area (Å²) in [5.41, 5.74) is 0. The standard InChI is InChI=1S/C4H7FN2O2/c1-6-4(9)7-3(8)2-5/h2H2,1H3,(H2,6,7,8,9). The lowest BCUT2D eigenvalue weighted by Gasteiger charge is -1.96. The number of carbonyl (C=O) groups is 2. The fourth-order valence-electron chi connectivity index (χ4n) is 0.223. The lowest BCUT2D eigenvalue weighted by atomic mass is 10.7. The van der Waals surface area contributed by atoms with Crippen molar-refractivity contribution in [3.63, 3.8) is 0 Å². The molecule has 0 aromatic rings. The Kier molecular flexibility index (Phi) is 3.34. The molecule has 5 heteroatoms. The first-order valence-electron chi connectivity index (χ1n) is 2.28. The molecule has 0 aromatic carbocycles. The third-order valence-electron chi connectivity index (χ3n) is 0.601. The molecule has 0 bridgehead atoms. The van der Waals surface area contributed by atoms with Gasteiger partial charge in [-0.05, 0) is 0 Å². The van der Waals surface area contributed by atoms with Gasteiger partial charge >= 0.3 is 6.03 Å². The van der Waals surface area contributed by atoms with Crippen LogP contribution in [0.25, 0.3) is 0 Å². The summed E-state index contributed by atoms with van der Waals surface area (Å²) in [5.74, 6) is -0.936. The first kappa shape index (κ1) is 7.87. The van der Waals surface area contributed by atoms with E-state index in [2.05, 4.69) is 5.32 Å². The average Bonchev–Trinajstić information content (AvgIpc) is 1.87. The van der Waals surface area contributed by atoms with Crippen LogP contribution in [0.5, 0.6) is 0 Å². The van der Waals surface area contributed by atoms with Crippen molar-refractivity contribution >= 4 is 11.9 Å². The smallest absolute Gasteiger partial charge is 0.321 e. The molecular formula is C4H7FN2O2. The lowest BCUT2D eigenvalue weighted by Crippen LogP contribution is -2.38. The fourth-order valence-corrected chi connectivity index (χ4v) is 0.223. The van der Waals surface area contributed by atoms with Crippen molar-refractivity contribution in [2.75, 3.05) is 13.7 Å². The summed E-state index contributed by atoms with van der Waals surface area (Å²) in [6, 6.07) is -0.697. The van der Waals surface area contributed by atoms with Crippen LogP contribution in [-0.4, -0.2) is 25.7 Å². The number of urea groups is 1. The maximum atomic E-state index is 11.3. The Bertz CT molecular complexity index is 112. The Balaban J connectivity index is 3.47. The van der Waals surface area contributed by atoms with Crippen LogP contribution in [-0.2, 0) is 4.79 Å². The van der Waals surface area contributed by atoms with Crippen molar-refractivity contribution in [1.82, 2.24) is 10.6 Å². The number of halogens is 1. The molecule has 52 valence electrons. The molecule has 3 amide bonds. The van der Waals surface area contributed by atoms with Crippen LogP contribution < -0.4 is 10.6 Å². The predicted molar refractivity (Wildman–Crippen MR) is 28.6 cm³/mol. The fraction of sp³-hybridized carbons (Fsp3) is 0.500. The first-order valence-corrected chi connectivity index (χ1v) is 2.28. The SMILES string of the molecule is CNC(=O)NC(=O)CF. The number of hydrogen-bond acceptors (Lipinski definition) is 2. The second kappa shape index (κ2) is 3.82. The largest absolute Gasteiger partial charge is 0.341 e. The third kappa shape index (κ3) is 3.45. The number of nitrogens with one attached hydrogen (secondary N) is 2. The molecule has 0 rings (SSSR count). The molecule has 0 atom stereocenters. The molecular weight excluding hydrogens is 127 g/mol. The van der Waals surface area contributed by atoms with E-state index in [1.54, 1.807) is 5.32 Å². The Hall–Kier alpha value is -1.13. The minimum atomic E-state index is -1.17. The number of hydrogen-bond donors (Lipinski definition) is 2. The van der Waals surface area contributed by atoms with E-state index in [4.69, 9.17) is 0 Å². The van der Waals surface area contributed by atoms with Gasteiger partial charge in [0.2, 0.25) is 0 Å². The minimum Gasteiger partial charge on any atom is -0.341 e. The van der Waals surface area contributed by atoms with Gasteiger partial charge in [-0.1, -0.05) is 0 Å². The van der Waals surface area contributed by atoms with Crippen LogP contribution in [0.2, 0.25) is 0 Å². The van der Waals surface area contributed by atoms with Crippen LogP contribution in [0.15, 0.2) is 0 Å². The van der Waals surface area contributed by atoms with Crippen LogP contribution in [0.1, 0.15) is 0 Å². The maximum absolute atomic E-state index is 11.3. The summed E-state index contributed by atoms with van der Waals surface area (Å²) in [5, 5.41) is 3.81. The molecule has 0 unspecified atom stereocenters. The zero-order chi connectivity index (χ0) is 7.28. The van der Waals surface area contributed by atoms with Crippen molar-refractivity contribution in [3.05, 3.63) is 0 Å². The van der Waals surface area contributed by atoms with E-state index in [0.717, 1.165) is 0 Å². The molecule has 0 heterocycles. The number of alkyl halides is 1. The zero-order valence-corrected chi connectivity index (χ0v) is 4.90. The van der Waals surface area contributed by atoms with E-state index in [-0.39, 0.29) is 0 Å². The highest BCUT2D eigenvalue weighted by atomic mass is 19.1. The second-order valence-electron chi connectivity index (χ2n) is 1.26. The molecule has 0 saturated heterocycles. The van der Waals surface area contributed by atoms with Gasteiger partial charge in [-0.15, -0.1) is 0 Å². The van der Waals surface area contributed by atoms with Crippen molar-refractivity contribution in [1.29, 1.82) is 0 Å². The van der Waals surface area contributed by atoms with Crippen molar-refractivity contribution in [3.8, 4) is 0 Å². The average molecular weight is 134 g/mol. The van der Waals surface area contributed by atoms with Crippen LogP contribution >= 0.6 is 0 Å². The zero-order valence-electron chi connectivity index (χ0n) is 4.90. The molecule has 4 nitrogen and oxygen atoms in total. The topological polar surface area (TPSA) is 58.2 Å². The summed E-state index contributed by atoms with van der Waals surface area (Å²) < 4.78 is 11.3. The third-order valence-corrected chi connectivity index (χ3v) is 0.601. The van der Waals surface area contributed by atoms with E-state index < -0.39 is 18.6 Å². The summed E-state index contributed by atoms with van der Waals surface area (Å²) in [7, 11) is 1.33. The minimum absolute atomic E-state index is 0.697. The normalized spacial score (nSPS) is 8.22. The molecule has 0 aliphatic carbocycles. The summed E-state index contributed by atoms with van der Waals surface area (Å²) in [6.07, 6.45) is 0. The van der Waals surface area contributed by atoms with E-state index in [9.17, 15) is 14.0 Å². The summed E-state index contributed by atoms with van der Waals surface area (Å²) in [4.78, 5) is 20.2. The number of rotatable bonds is 1. The molecule has 0 radical (unpaired) electrons. The Labute approximate surface area is 51.4 Å².